The van der Waals surface area contributed by atoms with Gasteiger partial charge in [-0.3, -0.25) is 16.3 Å². The molecule has 0 bridgehead atoms. The molecule has 2 aromatic rings. The first-order valence-electron chi connectivity index (χ1n) is 5.92. The summed E-state index contributed by atoms with van der Waals surface area (Å²) in [6.07, 6.45) is 2.44. The minimum absolute atomic E-state index is 0.0299. The average Bonchev–Trinajstić information content (AvgIpc) is 2.39. The van der Waals surface area contributed by atoms with E-state index in [0.29, 0.717) is 16.5 Å². The Morgan fingerprint density at radius 1 is 1.26 bits per heavy atom. The van der Waals surface area contributed by atoms with E-state index in [1.807, 2.05) is 25.1 Å². The molecule has 100 valence electrons. The lowest BCUT2D eigenvalue weighted by atomic mass is 9.99. The van der Waals surface area contributed by atoms with E-state index in [4.69, 9.17) is 29.0 Å². The van der Waals surface area contributed by atoms with E-state index in [0.717, 1.165) is 16.8 Å². The molecular weight excluding hydrogens is 281 g/mol. The summed E-state index contributed by atoms with van der Waals surface area (Å²) >= 11 is 12.2. The summed E-state index contributed by atoms with van der Waals surface area (Å²) in [6.45, 7) is 1.95. The topological polar surface area (TPSA) is 50.9 Å². The van der Waals surface area contributed by atoms with Gasteiger partial charge in [0.05, 0.1) is 6.04 Å². The second-order valence-corrected chi connectivity index (χ2v) is 5.23. The van der Waals surface area contributed by atoms with E-state index in [1.54, 1.807) is 18.3 Å². The Morgan fingerprint density at radius 2 is 2.05 bits per heavy atom. The number of nitrogens with two attached hydrogens (primary N) is 1. The summed E-state index contributed by atoms with van der Waals surface area (Å²) in [7, 11) is 0. The van der Waals surface area contributed by atoms with Gasteiger partial charge in [0.15, 0.2) is 0 Å². The third-order valence-electron chi connectivity index (χ3n) is 2.96. The molecule has 0 aliphatic carbocycles. The van der Waals surface area contributed by atoms with Crippen LogP contribution in [0.15, 0.2) is 36.5 Å². The highest BCUT2D eigenvalue weighted by molar-refractivity contribution is 6.33. The maximum absolute atomic E-state index is 6.18. The van der Waals surface area contributed by atoms with Crippen LogP contribution in [0, 0.1) is 6.92 Å². The fourth-order valence-electron chi connectivity index (χ4n) is 1.98. The summed E-state index contributed by atoms with van der Waals surface area (Å²) < 4.78 is 0. The summed E-state index contributed by atoms with van der Waals surface area (Å²) in [4.78, 5) is 4.18. The van der Waals surface area contributed by atoms with Gasteiger partial charge < -0.3 is 0 Å². The van der Waals surface area contributed by atoms with Gasteiger partial charge in [0.1, 0.15) is 0 Å². The minimum Gasteiger partial charge on any atom is -0.271 e. The predicted octanol–water partition coefficient (Wildman–Crippen LogP) is 3.44. The van der Waals surface area contributed by atoms with Gasteiger partial charge in [-0.15, -0.1) is 0 Å². The van der Waals surface area contributed by atoms with Crippen LogP contribution in [0.1, 0.15) is 22.9 Å². The van der Waals surface area contributed by atoms with Crippen molar-refractivity contribution in [3.05, 3.63) is 63.4 Å². The Bertz CT molecular complexity index is 572. The van der Waals surface area contributed by atoms with Crippen molar-refractivity contribution in [1.82, 2.24) is 10.4 Å². The zero-order valence-corrected chi connectivity index (χ0v) is 12.0. The molecule has 19 heavy (non-hydrogen) atoms. The molecule has 5 heteroatoms. The molecule has 1 heterocycles. The Hall–Kier alpha value is -1.13. The Kier molecular flexibility index (Phi) is 4.77. The number of aromatic nitrogens is 1. The molecule has 0 spiro atoms. The van der Waals surface area contributed by atoms with E-state index in [1.165, 1.54) is 0 Å². The standard InChI is InChI=1S/C14H15Cl2N3/c1-9-6-10(4-5-18-9)14(19-17)8-11-7-12(15)2-3-13(11)16/h2-7,14,19H,8,17H2,1H3. The lowest BCUT2D eigenvalue weighted by Gasteiger charge is -2.17. The number of nitrogens with zero attached hydrogens (tertiary/aromatic N) is 1. The Morgan fingerprint density at radius 3 is 2.74 bits per heavy atom. The molecule has 0 fully saturated rings. The van der Waals surface area contributed by atoms with Crippen LogP contribution in [0.3, 0.4) is 0 Å². The molecule has 0 aliphatic rings. The molecule has 0 saturated carbocycles. The summed E-state index contributed by atoms with van der Waals surface area (Å²) in [5.74, 6) is 5.64. The third-order valence-corrected chi connectivity index (χ3v) is 3.56. The lowest BCUT2D eigenvalue weighted by Crippen LogP contribution is -2.29. The van der Waals surface area contributed by atoms with E-state index in [-0.39, 0.29) is 6.04 Å². The molecule has 0 amide bonds. The molecule has 0 radical (unpaired) electrons. The van der Waals surface area contributed by atoms with Crippen LogP contribution in [-0.2, 0) is 6.42 Å². The first kappa shape index (κ1) is 14.3. The second-order valence-electron chi connectivity index (χ2n) is 4.39. The maximum Gasteiger partial charge on any atom is 0.0502 e. The van der Waals surface area contributed by atoms with Crippen LogP contribution in [0.5, 0.6) is 0 Å². The molecule has 1 unspecified atom stereocenters. The highest BCUT2D eigenvalue weighted by Crippen LogP contribution is 2.26. The number of pyridine rings is 1. The van der Waals surface area contributed by atoms with Gasteiger partial charge in [-0.25, -0.2) is 0 Å². The number of hydrogen-bond acceptors (Lipinski definition) is 3. The molecule has 0 saturated heterocycles. The number of benzene rings is 1. The van der Waals surface area contributed by atoms with E-state index in [2.05, 4.69) is 10.4 Å². The Balaban J connectivity index is 2.26. The van der Waals surface area contributed by atoms with Crippen LogP contribution >= 0.6 is 23.2 Å². The van der Waals surface area contributed by atoms with Gasteiger partial charge in [0.2, 0.25) is 0 Å². The van der Waals surface area contributed by atoms with Crippen LogP contribution in [0.4, 0.5) is 0 Å². The van der Waals surface area contributed by atoms with Crippen molar-refractivity contribution in [3.8, 4) is 0 Å². The number of aryl methyl sites for hydroxylation is 1. The van der Waals surface area contributed by atoms with E-state index in [9.17, 15) is 0 Å². The molecule has 3 N–H and O–H groups in total. The summed E-state index contributed by atoms with van der Waals surface area (Å²) in [5.41, 5.74) is 5.80. The number of rotatable bonds is 4. The minimum atomic E-state index is -0.0299. The molecule has 1 aromatic carbocycles. The summed E-state index contributed by atoms with van der Waals surface area (Å²) in [5, 5.41) is 1.36. The molecule has 3 nitrogen and oxygen atoms in total. The largest absolute Gasteiger partial charge is 0.271 e. The SMILES string of the molecule is Cc1cc(C(Cc2cc(Cl)ccc2Cl)NN)ccn1. The van der Waals surface area contributed by atoms with Gasteiger partial charge in [-0.1, -0.05) is 23.2 Å². The molecular formula is C14H15Cl2N3. The van der Waals surface area contributed by atoms with Crippen molar-refractivity contribution < 1.29 is 0 Å². The molecule has 1 aromatic heterocycles. The normalized spacial score (nSPS) is 12.4. The average molecular weight is 296 g/mol. The van der Waals surface area contributed by atoms with Crippen LogP contribution in [0.2, 0.25) is 10.0 Å². The van der Waals surface area contributed by atoms with Gasteiger partial charge in [0, 0.05) is 21.9 Å². The number of hydrazine groups is 1. The van der Waals surface area contributed by atoms with Crippen molar-refractivity contribution in [1.29, 1.82) is 0 Å². The quantitative estimate of drug-likeness (QED) is 0.671. The van der Waals surface area contributed by atoms with Crippen molar-refractivity contribution >= 4 is 23.2 Å². The first-order chi connectivity index (χ1) is 9.10. The fraction of sp³-hybridized carbons (Fsp3) is 0.214. The van der Waals surface area contributed by atoms with Gasteiger partial charge in [0.25, 0.3) is 0 Å². The number of halogens is 2. The zero-order chi connectivity index (χ0) is 13.8. The Labute approximate surface area is 122 Å². The van der Waals surface area contributed by atoms with Crippen LogP contribution in [-0.4, -0.2) is 4.98 Å². The fourth-order valence-corrected chi connectivity index (χ4v) is 2.37. The van der Waals surface area contributed by atoms with Crippen molar-refractivity contribution in [2.75, 3.05) is 0 Å². The van der Waals surface area contributed by atoms with Gasteiger partial charge in [-0.05, 0) is 54.8 Å². The zero-order valence-electron chi connectivity index (χ0n) is 10.5. The highest BCUT2D eigenvalue weighted by atomic mass is 35.5. The molecule has 0 aliphatic heterocycles. The predicted molar refractivity (Wildman–Crippen MR) is 79.2 cm³/mol. The van der Waals surface area contributed by atoms with Crippen molar-refractivity contribution in [2.45, 2.75) is 19.4 Å². The summed E-state index contributed by atoms with van der Waals surface area (Å²) in [6, 6.07) is 9.35. The van der Waals surface area contributed by atoms with Gasteiger partial charge in [-0.2, -0.15) is 0 Å². The highest BCUT2D eigenvalue weighted by Gasteiger charge is 2.13. The number of hydrogen-bond donors (Lipinski definition) is 2. The van der Waals surface area contributed by atoms with Crippen LogP contribution in [0.25, 0.3) is 0 Å². The first-order valence-corrected chi connectivity index (χ1v) is 6.68. The molecule has 2 rings (SSSR count). The van der Waals surface area contributed by atoms with E-state index >= 15 is 0 Å². The maximum atomic E-state index is 6.18. The van der Waals surface area contributed by atoms with E-state index < -0.39 is 0 Å². The second kappa shape index (κ2) is 6.35. The van der Waals surface area contributed by atoms with Crippen molar-refractivity contribution in [3.63, 3.8) is 0 Å². The lowest BCUT2D eigenvalue weighted by molar-refractivity contribution is 0.551. The number of nitrogens with one attached hydrogen (secondary N) is 1. The van der Waals surface area contributed by atoms with Crippen molar-refractivity contribution in [2.24, 2.45) is 5.84 Å². The smallest absolute Gasteiger partial charge is 0.0502 e. The van der Waals surface area contributed by atoms with Gasteiger partial charge >= 0.3 is 0 Å². The monoisotopic (exact) mass is 295 g/mol. The third kappa shape index (κ3) is 3.67. The molecule has 1 atom stereocenters. The van der Waals surface area contributed by atoms with Crippen LogP contribution < -0.4 is 11.3 Å².